The first kappa shape index (κ1) is 7.06. The summed E-state index contributed by atoms with van der Waals surface area (Å²) in [5.74, 6) is 0.176. The lowest BCUT2D eigenvalue weighted by atomic mass is 10.2. The molecule has 4 nitrogen and oxygen atoms in total. The Morgan fingerprint density at radius 2 is 2.55 bits per heavy atom. The molecule has 2 aliphatic rings. The van der Waals surface area contributed by atoms with Gasteiger partial charge >= 0.3 is 0 Å². The molecule has 0 radical (unpaired) electrons. The van der Waals surface area contributed by atoms with E-state index in [1.54, 1.807) is 4.90 Å². The molecular weight excluding hydrogens is 146 g/mol. The summed E-state index contributed by atoms with van der Waals surface area (Å²) in [6.45, 7) is 0.809. The molecule has 2 unspecified atom stereocenters. The Balaban J connectivity index is 1.88. The van der Waals surface area contributed by atoms with Crippen molar-refractivity contribution in [1.82, 2.24) is 4.90 Å². The summed E-state index contributed by atoms with van der Waals surface area (Å²) in [6, 6.07) is 0. The van der Waals surface area contributed by atoms with E-state index in [2.05, 4.69) is 0 Å². The average molecular weight is 157 g/mol. The van der Waals surface area contributed by atoms with E-state index in [1.807, 2.05) is 0 Å². The Hall–Kier alpha value is -0.610. The van der Waals surface area contributed by atoms with Crippen molar-refractivity contribution in [2.24, 2.45) is 0 Å². The van der Waals surface area contributed by atoms with Crippen LogP contribution in [-0.2, 0) is 9.53 Å². The van der Waals surface area contributed by atoms with Gasteiger partial charge in [-0.25, -0.2) is 0 Å². The van der Waals surface area contributed by atoms with Gasteiger partial charge in [0.1, 0.15) is 6.23 Å². The summed E-state index contributed by atoms with van der Waals surface area (Å²) in [5, 5.41) is 8.60. The molecule has 4 heteroatoms. The van der Waals surface area contributed by atoms with Crippen LogP contribution in [0.4, 0.5) is 0 Å². The largest absolute Gasteiger partial charge is 0.396 e. The van der Waals surface area contributed by atoms with Gasteiger partial charge < -0.3 is 14.7 Å². The Morgan fingerprint density at radius 1 is 1.73 bits per heavy atom. The highest BCUT2D eigenvalue weighted by Gasteiger charge is 2.44. The van der Waals surface area contributed by atoms with Crippen LogP contribution in [0, 0.1) is 0 Å². The van der Waals surface area contributed by atoms with Gasteiger partial charge in [0.15, 0.2) is 0 Å². The third kappa shape index (κ3) is 1.02. The lowest BCUT2D eigenvalue weighted by Gasteiger charge is -2.31. The zero-order chi connectivity index (χ0) is 7.84. The fraction of sp³-hybridized carbons (Fsp3) is 0.857. The Morgan fingerprint density at radius 3 is 3.09 bits per heavy atom. The second-order valence-corrected chi connectivity index (χ2v) is 2.98. The normalized spacial score (nSPS) is 35.4. The lowest BCUT2D eigenvalue weighted by Crippen LogP contribution is -2.48. The van der Waals surface area contributed by atoms with E-state index in [9.17, 15) is 4.79 Å². The molecule has 2 atom stereocenters. The number of carbonyl (C=O) groups excluding carboxylic acids is 1. The molecule has 1 amide bonds. The number of amides is 1. The van der Waals surface area contributed by atoms with Crippen molar-refractivity contribution >= 4 is 5.91 Å². The van der Waals surface area contributed by atoms with Crippen molar-refractivity contribution < 1.29 is 14.6 Å². The van der Waals surface area contributed by atoms with Gasteiger partial charge in [-0.15, -0.1) is 0 Å². The van der Waals surface area contributed by atoms with Crippen molar-refractivity contribution in [2.45, 2.75) is 25.2 Å². The molecule has 0 saturated carbocycles. The first-order valence-electron chi connectivity index (χ1n) is 3.87. The highest BCUT2D eigenvalue weighted by Crippen LogP contribution is 2.29. The maximum absolute atomic E-state index is 10.8. The fourth-order valence-corrected chi connectivity index (χ4v) is 1.55. The van der Waals surface area contributed by atoms with Crippen LogP contribution in [0.1, 0.15) is 12.8 Å². The van der Waals surface area contributed by atoms with E-state index >= 15 is 0 Å². The van der Waals surface area contributed by atoms with Crippen molar-refractivity contribution in [2.75, 3.05) is 13.2 Å². The lowest BCUT2D eigenvalue weighted by molar-refractivity contribution is -0.156. The first-order chi connectivity index (χ1) is 5.31. The predicted molar refractivity (Wildman–Crippen MR) is 36.7 cm³/mol. The van der Waals surface area contributed by atoms with Gasteiger partial charge in [-0.2, -0.15) is 0 Å². The van der Waals surface area contributed by atoms with Crippen LogP contribution in [0.15, 0.2) is 0 Å². The van der Waals surface area contributed by atoms with Gasteiger partial charge in [0.2, 0.25) is 5.91 Å². The molecule has 0 aliphatic carbocycles. The third-order valence-electron chi connectivity index (χ3n) is 2.22. The number of ether oxygens (including phenoxy) is 1. The van der Waals surface area contributed by atoms with Crippen LogP contribution >= 0.6 is 0 Å². The molecule has 0 aromatic rings. The number of nitrogens with zero attached hydrogens (tertiary/aromatic N) is 1. The summed E-state index contributed by atoms with van der Waals surface area (Å²) < 4.78 is 5.42. The molecule has 11 heavy (non-hydrogen) atoms. The van der Waals surface area contributed by atoms with E-state index in [0.717, 1.165) is 0 Å². The molecule has 0 spiro atoms. The minimum absolute atomic E-state index is 0.0269. The number of rotatable bonds is 2. The summed E-state index contributed by atoms with van der Waals surface area (Å²) in [4.78, 5) is 12.6. The second-order valence-electron chi connectivity index (χ2n) is 2.98. The zero-order valence-corrected chi connectivity index (χ0v) is 6.19. The van der Waals surface area contributed by atoms with E-state index in [-0.39, 0.29) is 24.8 Å². The first-order valence-corrected chi connectivity index (χ1v) is 3.87. The average Bonchev–Trinajstić information content (AvgIpc) is 2.29. The topological polar surface area (TPSA) is 49.8 Å². The van der Waals surface area contributed by atoms with Crippen molar-refractivity contribution in [3.8, 4) is 0 Å². The third-order valence-corrected chi connectivity index (χ3v) is 2.22. The van der Waals surface area contributed by atoms with E-state index < -0.39 is 0 Å². The number of hydrogen-bond acceptors (Lipinski definition) is 3. The van der Waals surface area contributed by atoms with Crippen molar-refractivity contribution in [1.29, 1.82) is 0 Å². The number of aliphatic hydroxyl groups excluding tert-OH is 1. The van der Waals surface area contributed by atoms with Gasteiger partial charge in [-0.05, 0) is 6.42 Å². The number of aliphatic hydroxyl groups is 1. The van der Waals surface area contributed by atoms with Crippen LogP contribution in [0.5, 0.6) is 0 Å². The summed E-state index contributed by atoms with van der Waals surface area (Å²) in [5.41, 5.74) is 0. The molecule has 0 bridgehead atoms. The van der Waals surface area contributed by atoms with Crippen LogP contribution in [-0.4, -0.2) is 41.4 Å². The second kappa shape index (κ2) is 2.46. The number of carbonyl (C=O) groups is 1. The molecular formula is C7H11NO3. The van der Waals surface area contributed by atoms with E-state index in [4.69, 9.17) is 9.84 Å². The quantitative estimate of drug-likeness (QED) is 0.541. The molecule has 2 saturated heterocycles. The molecule has 2 rings (SSSR count). The molecule has 2 heterocycles. The maximum atomic E-state index is 10.8. The SMILES string of the molecule is O=C1CC2OC(CCO)CN12. The molecule has 62 valence electrons. The van der Waals surface area contributed by atoms with E-state index in [1.165, 1.54) is 0 Å². The summed E-state index contributed by atoms with van der Waals surface area (Å²) in [7, 11) is 0. The van der Waals surface area contributed by atoms with Crippen LogP contribution < -0.4 is 0 Å². The summed E-state index contributed by atoms with van der Waals surface area (Å²) >= 11 is 0. The minimum atomic E-state index is 0.0269. The van der Waals surface area contributed by atoms with E-state index in [0.29, 0.717) is 19.4 Å². The van der Waals surface area contributed by atoms with Crippen molar-refractivity contribution in [3.63, 3.8) is 0 Å². The van der Waals surface area contributed by atoms with Gasteiger partial charge in [0.05, 0.1) is 12.5 Å². The Kier molecular flexibility index (Phi) is 1.58. The van der Waals surface area contributed by atoms with Gasteiger partial charge in [-0.1, -0.05) is 0 Å². The highest BCUT2D eigenvalue weighted by molar-refractivity contribution is 5.82. The Labute approximate surface area is 64.7 Å². The number of hydrogen-bond donors (Lipinski definition) is 1. The van der Waals surface area contributed by atoms with Gasteiger partial charge in [-0.3, -0.25) is 4.79 Å². The molecule has 0 aromatic heterocycles. The maximum Gasteiger partial charge on any atom is 0.229 e. The number of fused-ring (bicyclic) bond motifs is 1. The zero-order valence-electron chi connectivity index (χ0n) is 6.19. The summed E-state index contributed by atoms with van der Waals surface area (Å²) in [6.07, 6.45) is 1.26. The molecule has 0 aromatic carbocycles. The monoisotopic (exact) mass is 157 g/mol. The predicted octanol–water partition coefficient (Wildman–Crippen LogP) is -0.674. The fourth-order valence-electron chi connectivity index (χ4n) is 1.55. The smallest absolute Gasteiger partial charge is 0.229 e. The van der Waals surface area contributed by atoms with Gasteiger partial charge in [0, 0.05) is 13.2 Å². The minimum Gasteiger partial charge on any atom is -0.396 e. The van der Waals surface area contributed by atoms with Crippen LogP contribution in [0.2, 0.25) is 0 Å². The van der Waals surface area contributed by atoms with Crippen LogP contribution in [0.25, 0.3) is 0 Å². The number of β-lactam (4-membered cyclic amide) rings is 1. The van der Waals surface area contributed by atoms with Crippen molar-refractivity contribution in [3.05, 3.63) is 0 Å². The molecule has 2 fully saturated rings. The van der Waals surface area contributed by atoms with Gasteiger partial charge in [0.25, 0.3) is 0 Å². The van der Waals surface area contributed by atoms with Crippen LogP contribution in [0.3, 0.4) is 0 Å². The standard InChI is InChI=1S/C7H11NO3/c9-2-1-5-4-8-6(10)3-7(8)11-5/h5,7,9H,1-4H2. The molecule has 2 aliphatic heterocycles. The highest BCUT2D eigenvalue weighted by atomic mass is 16.5. The Bertz CT molecular complexity index is 183. The molecule has 1 N–H and O–H groups in total.